The van der Waals surface area contributed by atoms with Gasteiger partial charge in [-0.3, -0.25) is 9.48 Å². The number of fused-ring (bicyclic) bond motifs is 1. The van der Waals surface area contributed by atoms with Gasteiger partial charge in [0.2, 0.25) is 0 Å². The molecule has 0 unspecified atom stereocenters. The van der Waals surface area contributed by atoms with Crippen LogP contribution in [0.3, 0.4) is 0 Å². The lowest BCUT2D eigenvalue weighted by molar-refractivity contribution is -0.112. The predicted molar refractivity (Wildman–Crippen MR) is 113 cm³/mol. The summed E-state index contributed by atoms with van der Waals surface area (Å²) < 4.78 is 27.3. The van der Waals surface area contributed by atoms with Crippen molar-refractivity contribution in [1.29, 1.82) is 0 Å². The van der Waals surface area contributed by atoms with Crippen molar-refractivity contribution < 1.29 is 23.8 Å². The SMILES string of the molecule is C=C/C=C(\N=C(C)C(F)F)C(=O)Nc1cc2cn(CCCO)nc2cc1C(C)(C)O. The number of aliphatic hydroxyl groups excluding tert-OH is 1. The highest BCUT2D eigenvalue weighted by Crippen LogP contribution is 2.32. The fraction of sp³-hybridized carbons (Fsp3) is 0.381. The number of aliphatic imine (C=N–C) groups is 1. The zero-order valence-corrected chi connectivity index (χ0v) is 17.2. The molecule has 3 N–H and O–H groups in total. The molecule has 0 atom stereocenters. The molecule has 7 nitrogen and oxygen atoms in total. The van der Waals surface area contributed by atoms with Crippen LogP contribution in [0.5, 0.6) is 0 Å². The number of nitrogens with zero attached hydrogens (tertiary/aromatic N) is 3. The second-order valence-electron chi connectivity index (χ2n) is 7.28. The van der Waals surface area contributed by atoms with Crippen molar-refractivity contribution in [3.05, 3.63) is 48.3 Å². The van der Waals surface area contributed by atoms with Crippen molar-refractivity contribution in [2.24, 2.45) is 4.99 Å². The van der Waals surface area contributed by atoms with Gasteiger partial charge in [0.1, 0.15) is 5.70 Å². The van der Waals surface area contributed by atoms with E-state index in [9.17, 15) is 18.7 Å². The van der Waals surface area contributed by atoms with Gasteiger partial charge < -0.3 is 15.5 Å². The van der Waals surface area contributed by atoms with E-state index in [0.29, 0.717) is 35.1 Å². The van der Waals surface area contributed by atoms with Crippen LogP contribution in [-0.4, -0.2) is 44.6 Å². The maximum Gasteiger partial charge on any atom is 0.276 e. The highest BCUT2D eigenvalue weighted by atomic mass is 19.3. The van der Waals surface area contributed by atoms with Crippen molar-refractivity contribution >= 4 is 28.2 Å². The number of rotatable bonds is 9. The van der Waals surface area contributed by atoms with Crippen LogP contribution in [0.25, 0.3) is 10.9 Å². The monoisotopic (exact) mass is 420 g/mol. The number of carbonyl (C=O) groups is 1. The Morgan fingerprint density at radius 1 is 1.43 bits per heavy atom. The third kappa shape index (κ3) is 5.80. The van der Waals surface area contributed by atoms with Gasteiger partial charge in [0.25, 0.3) is 12.3 Å². The van der Waals surface area contributed by atoms with E-state index in [1.54, 1.807) is 36.9 Å². The Balaban J connectivity index is 2.47. The van der Waals surface area contributed by atoms with Crippen molar-refractivity contribution in [3.63, 3.8) is 0 Å². The number of nitrogens with one attached hydrogen (secondary N) is 1. The number of allylic oxidation sites excluding steroid dienone is 2. The number of benzene rings is 1. The van der Waals surface area contributed by atoms with Gasteiger partial charge in [-0.2, -0.15) is 5.10 Å². The highest BCUT2D eigenvalue weighted by molar-refractivity contribution is 6.07. The third-order valence-corrected chi connectivity index (χ3v) is 4.26. The largest absolute Gasteiger partial charge is 0.396 e. The van der Waals surface area contributed by atoms with Gasteiger partial charge in [-0.25, -0.2) is 13.8 Å². The Labute approximate surface area is 173 Å². The van der Waals surface area contributed by atoms with E-state index < -0.39 is 23.6 Å². The summed E-state index contributed by atoms with van der Waals surface area (Å²) in [6.45, 7) is 8.28. The zero-order chi connectivity index (χ0) is 22.5. The molecular formula is C21H26F2N4O3. The molecule has 0 aliphatic carbocycles. The van der Waals surface area contributed by atoms with E-state index in [-0.39, 0.29) is 12.3 Å². The molecule has 0 fully saturated rings. The molecule has 0 saturated heterocycles. The van der Waals surface area contributed by atoms with E-state index in [1.807, 2.05) is 0 Å². The molecule has 0 spiro atoms. The summed E-state index contributed by atoms with van der Waals surface area (Å²) in [7, 11) is 0. The average molecular weight is 420 g/mol. The minimum atomic E-state index is -2.79. The van der Waals surface area contributed by atoms with Crippen molar-refractivity contribution in [2.75, 3.05) is 11.9 Å². The number of carbonyl (C=O) groups excluding carboxylic acids is 1. The van der Waals surface area contributed by atoms with E-state index in [2.05, 4.69) is 22.0 Å². The number of anilines is 1. The summed E-state index contributed by atoms with van der Waals surface area (Å²) in [6.07, 6.45) is 2.01. The molecule has 0 radical (unpaired) electrons. The number of aliphatic hydroxyl groups is 2. The number of halogens is 2. The first-order valence-corrected chi connectivity index (χ1v) is 9.39. The second-order valence-corrected chi connectivity index (χ2v) is 7.28. The van der Waals surface area contributed by atoms with Crippen molar-refractivity contribution in [3.8, 4) is 0 Å². The predicted octanol–water partition coefficient (Wildman–Crippen LogP) is 3.38. The Kier molecular flexibility index (Phi) is 7.58. The number of aromatic nitrogens is 2. The molecule has 1 heterocycles. The third-order valence-electron chi connectivity index (χ3n) is 4.26. The Morgan fingerprint density at radius 2 is 2.13 bits per heavy atom. The normalized spacial score (nSPS) is 13.2. The molecule has 0 aliphatic rings. The molecule has 0 bridgehead atoms. The molecular weight excluding hydrogens is 394 g/mol. The molecule has 1 aromatic heterocycles. The second kappa shape index (κ2) is 9.73. The molecule has 1 amide bonds. The van der Waals surface area contributed by atoms with Gasteiger partial charge in [0.15, 0.2) is 0 Å². The van der Waals surface area contributed by atoms with E-state index >= 15 is 0 Å². The van der Waals surface area contributed by atoms with Crippen LogP contribution in [0.4, 0.5) is 14.5 Å². The maximum atomic E-state index is 12.8. The highest BCUT2D eigenvalue weighted by Gasteiger charge is 2.24. The Hall–Kier alpha value is -2.91. The number of alkyl halides is 2. The standard InChI is InChI=1S/C21H26F2N4O3/c1-5-7-16(24-13(2)19(22)23)20(29)25-18-10-14-12-27(8-6-9-28)26-17(14)11-15(18)21(3,4)30/h5,7,10-12,19,28,30H,1,6,8-9H2,2-4H3,(H,25,29)/b16-7-,24-13?. The summed E-state index contributed by atoms with van der Waals surface area (Å²) >= 11 is 0. The van der Waals surface area contributed by atoms with E-state index in [1.165, 1.54) is 12.2 Å². The van der Waals surface area contributed by atoms with E-state index in [4.69, 9.17) is 5.11 Å². The molecule has 1 aromatic carbocycles. The summed E-state index contributed by atoms with van der Waals surface area (Å²) in [5.41, 5.74) is -0.720. The van der Waals surface area contributed by atoms with Crippen LogP contribution < -0.4 is 5.32 Å². The van der Waals surface area contributed by atoms with Crippen LogP contribution in [-0.2, 0) is 16.9 Å². The number of aryl methyl sites for hydroxylation is 1. The lowest BCUT2D eigenvalue weighted by Crippen LogP contribution is -2.22. The maximum absolute atomic E-state index is 12.8. The first-order valence-electron chi connectivity index (χ1n) is 9.39. The van der Waals surface area contributed by atoms with Crippen LogP contribution in [0, 0.1) is 0 Å². The number of hydrogen-bond acceptors (Lipinski definition) is 5. The topological polar surface area (TPSA) is 99.7 Å². The summed E-state index contributed by atoms with van der Waals surface area (Å²) in [5.74, 6) is -0.715. The fourth-order valence-electron chi connectivity index (χ4n) is 2.78. The Bertz CT molecular complexity index is 988. The van der Waals surface area contributed by atoms with Crippen LogP contribution in [0.15, 0.2) is 47.7 Å². The van der Waals surface area contributed by atoms with Gasteiger partial charge in [-0.1, -0.05) is 12.7 Å². The number of hydrogen-bond donors (Lipinski definition) is 3. The lowest BCUT2D eigenvalue weighted by atomic mass is 9.95. The smallest absolute Gasteiger partial charge is 0.276 e. The molecule has 162 valence electrons. The van der Waals surface area contributed by atoms with Crippen molar-refractivity contribution in [2.45, 2.75) is 45.8 Å². The molecule has 30 heavy (non-hydrogen) atoms. The summed E-state index contributed by atoms with van der Waals surface area (Å²) in [5, 5.41) is 27.3. The van der Waals surface area contributed by atoms with Gasteiger partial charge in [-0.05, 0) is 45.4 Å². The minimum absolute atomic E-state index is 0.0312. The minimum Gasteiger partial charge on any atom is -0.396 e. The van der Waals surface area contributed by atoms with Gasteiger partial charge in [0, 0.05) is 36.0 Å². The van der Waals surface area contributed by atoms with Crippen LogP contribution in [0.2, 0.25) is 0 Å². The summed E-state index contributed by atoms with van der Waals surface area (Å²) in [4.78, 5) is 16.4. The lowest BCUT2D eigenvalue weighted by Gasteiger charge is -2.22. The first kappa shape index (κ1) is 23.4. The fourth-order valence-corrected chi connectivity index (χ4v) is 2.78. The van der Waals surface area contributed by atoms with Gasteiger partial charge in [0.05, 0.1) is 16.8 Å². The van der Waals surface area contributed by atoms with Crippen LogP contribution in [0.1, 0.15) is 32.8 Å². The van der Waals surface area contributed by atoms with Crippen molar-refractivity contribution in [1.82, 2.24) is 9.78 Å². The first-order chi connectivity index (χ1) is 14.1. The molecule has 0 saturated carbocycles. The van der Waals surface area contributed by atoms with Gasteiger partial charge in [-0.15, -0.1) is 0 Å². The summed E-state index contributed by atoms with van der Waals surface area (Å²) in [6, 6.07) is 3.31. The average Bonchev–Trinajstić information content (AvgIpc) is 3.06. The molecule has 9 heteroatoms. The van der Waals surface area contributed by atoms with E-state index in [0.717, 1.165) is 6.92 Å². The molecule has 0 aliphatic heterocycles. The Morgan fingerprint density at radius 3 is 2.70 bits per heavy atom. The number of amides is 1. The quantitative estimate of drug-likeness (QED) is 0.329. The molecule has 2 rings (SSSR count). The van der Waals surface area contributed by atoms with Gasteiger partial charge >= 0.3 is 0 Å². The zero-order valence-electron chi connectivity index (χ0n) is 17.2. The van der Waals surface area contributed by atoms with Crippen LogP contribution >= 0.6 is 0 Å². The molecule has 2 aromatic rings.